The number of halogens is 2. The second kappa shape index (κ2) is 7.46. The summed E-state index contributed by atoms with van der Waals surface area (Å²) >= 11 is 11.8. The molecule has 0 bridgehead atoms. The van der Waals surface area contributed by atoms with Gasteiger partial charge in [0, 0.05) is 5.02 Å². The van der Waals surface area contributed by atoms with Crippen LogP contribution in [0.5, 0.6) is 0 Å². The third-order valence-corrected chi connectivity index (χ3v) is 3.66. The van der Waals surface area contributed by atoms with Crippen LogP contribution in [0.2, 0.25) is 10.0 Å². The maximum absolute atomic E-state index is 12.0. The molecule has 21 heavy (non-hydrogen) atoms. The molecule has 0 saturated heterocycles. The van der Waals surface area contributed by atoms with Crippen molar-refractivity contribution in [3.05, 3.63) is 64.1 Å². The minimum atomic E-state index is -0.586. The molecule has 3 N–H and O–H groups in total. The van der Waals surface area contributed by atoms with Crippen LogP contribution in [0, 0.1) is 0 Å². The first kappa shape index (κ1) is 15.8. The highest BCUT2D eigenvalue weighted by atomic mass is 35.5. The fourth-order valence-corrected chi connectivity index (χ4v) is 2.37. The van der Waals surface area contributed by atoms with E-state index in [9.17, 15) is 4.79 Å². The van der Waals surface area contributed by atoms with Crippen LogP contribution in [0.1, 0.15) is 12.0 Å². The van der Waals surface area contributed by atoms with Gasteiger partial charge in [0.05, 0.1) is 16.8 Å². The first-order valence-electron chi connectivity index (χ1n) is 6.61. The lowest BCUT2D eigenvalue weighted by molar-refractivity contribution is -0.117. The molecule has 0 unspecified atom stereocenters. The van der Waals surface area contributed by atoms with E-state index in [2.05, 4.69) is 5.32 Å². The van der Waals surface area contributed by atoms with E-state index in [1.807, 2.05) is 30.3 Å². The van der Waals surface area contributed by atoms with E-state index in [-0.39, 0.29) is 5.91 Å². The van der Waals surface area contributed by atoms with Gasteiger partial charge in [0.2, 0.25) is 5.91 Å². The Morgan fingerprint density at radius 3 is 2.52 bits per heavy atom. The monoisotopic (exact) mass is 322 g/mol. The van der Waals surface area contributed by atoms with E-state index in [0.717, 1.165) is 12.0 Å². The van der Waals surface area contributed by atoms with Gasteiger partial charge in [-0.3, -0.25) is 4.79 Å². The number of anilines is 1. The molecule has 5 heteroatoms. The van der Waals surface area contributed by atoms with Gasteiger partial charge >= 0.3 is 0 Å². The number of hydrogen-bond donors (Lipinski definition) is 2. The number of carbonyl (C=O) groups excluding carboxylic acids is 1. The Kier molecular flexibility index (Phi) is 5.62. The number of benzene rings is 2. The molecule has 2 aromatic carbocycles. The zero-order valence-corrected chi connectivity index (χ0v) is 12.9. The van der Waals surface area contributed by atoms with Crippen LogP contribution < -0.4 is 11.1 Å². The van der Waals surface area contributed by atoms with Crippen molar-refractivity contribution in [2.45, 2.75) is 18.9 Å². The highest BCUT2D eigenvalue weighted by Gasteiger charge is 2.14. The average Bonchev–Trinajstić information content (AvgIpc) is 2.48. The van der Waals surface area contributed by atoms with Gasteiger partial charge in [0.1, 0.15) is 0 Å². The maximum Gasteiger partial charge on any atom is 0.241 e. The Balaban J connectivity index is 1.90. The first-order valence-corrected chi connectivity index (χ1v) is 7.37. The van der Waals surface area contributed by atoms with E-state index >= 15 is 0 Å². The zero-order valence-electron chi connectivity index (χ0n) is 11.4. The van der Waals surface area contributed by atoms with Crippen molar-refractivity contribution in [3.8, 4) is 0 Å². The number of rotatable bonds is 5. The van der Waals surface area contributed by atoms with E-state index in [1.165, 1.54) is 0 Å². The van der Waals surface area contributed by atoms with Gasteiger partial charge in [-0.1, -0.05) is 53.5 Å². The van der Waals surface area contributed by atoms with Gasteiger partial charge < -0.3 is 11.1 Å². The number of nitrogens with two attached hydrogens (primary N) is 1. The predicted molar refractivity (Wildman–Crippen MR) is 87.8 cm³/mol. The van der Waals surface area contributed by atoms with E-state index in [0.29, 0.717) is 22.2 Å². The molecule has 0 aliphatic heterocycles. The Morgan fingerprint density at radius 1 is 1.14 bits per heavy atom. The summed E-state index contributed by atoms with van der Waals surface area (Å²) in [5, 5.41) is 3.63. The van der Waals surface area contributed by atoms with Gasteiger partial charge in [-0.2, -0.15) is 0 Å². The Morgan fingerprint density at radius 2 is 1.86 bits per heavy atom. The summed E-state index contributed by atoms with van der Waals surface area (Å²) in [7, 11) is 0. The molecule has 0 heterocycles. The number of amides is 1. The van der Waals surface area contributed by atoms with Gasteiger partial charge in [-0.05, 0) is 36.6 Å². The van der Waals surface area contributed by atoms with Crippen LogP contribution in [0.4, 0.5) is 5.69 Å². The largest absolute Gasteiger partial charge is 0.323 e. The standard InChI is InChI=1S/C16H16Cl2N2O/c17-12-7-9-15(13(18)10-12)20-16(21)14(19)8-6-11-4-2-1-3-5-11/h1-5,7,9-10,14H,6,8,19H2,(H,20,21)/t14-/m0/s1. The number of aryl methyl sites for hydroxylation is 1. The highest BCUT2D eigenvalue weighted by Crippen LogP contribution is 2.25. The second-order valence-electron chi connectivity index (χ2n) is 4.74. The quantitative estimate of drug-likeness (QED) is 0.877. The third-order valence-electron chi connectivity index (χ3n) is 3.11. The van der Waals surface area contributed by atoms with Crippen LogP contribution in [0.25, 0.3) is 0 Å². The van der Waals surface area contributed by atoms with Crippen molar-refractivity contribution in [2.75, 3.05) is 5.32 Å². The number of nitrogens with one attached hydrogen (secondary N) is 1. The van der Waals surface area contributed by atoms with Crippen LogP contribution >= 0.6 is 23.2 Å². The molecule has 1 atom stereocenters. The van der Waals surface area contributed by atoms with Crippen LogP contribution in [0.3, 0.4) is 0 Å². The average molecular weight is 323 g/mol. The smallest absolute Gasteiger partial charge is 0.241 e. The van der Waals surface area contributed by atoms with E-state index in [4.69, 9.17) is 28.9 Å². The van der Waals surface area contributed by atoms with Crippen molar-refractivity contribution in [3.63, 3.8) is 0 Å². The second-order valence-corrected chi connectivity index (χ2v) is 5.59. The highest BCUT2D eigenvalue weighted by molar-refractivity contribution is 6.36. The van der Waals surface area contributed by atoms with Gasteiger partial charge in [-0.25, -0.2) is 0 Å². The molecule has 0 saturated carbocycles. The molecular formula is C16H16Cl2N2O. The Labute approximate surface area is 134 Å². The van der Waals surface area contributed by atoms with Crippen molar-refractivity contribution >= 4 is 34.8 Å². The lowest BCUT2D eigenvalue weighted by Gasteiger charge is -2.13. The lowest BCUT2D eigenvalue weighted by Crippen LogP contribution is -2.36. The van der Waals surface area contributed by atoms with Crippen molar-refractivity contribution in [1.29, 1.82) is 0 Å². The van der Waals surface area contributed by atoms with E-state index in [1.54, 1.807) is 18.2 Å². The van der Waals surface area contributed by atoms with Crippen molar-refractivity contribution in [2.24, 2.45) is 5.73 Å². The summed E-state index contributed by atoms with van der Waals surface area (Å²) in [6, 6.07) is 14.2. The van der Waals surface area contributed by atoms with Gasteiger partial charge in [0.25, 0.3) is 0 Å². The molecule has 3 nitrogen and oxygen atoms in total. The van der Waals surface area contributed by atoms with Gasteiger partial charge in [0.15, 0.2) is 0 Å². The SMILES string of the molecule is N[C@@H](CCc1ccccc1)C(=O)Nc1ccc(Cl)cc1Cl. The van der Waals surface area contributed by atoms with Crippen molar-refractivity contribution in [1.82, 2.24) is 0 Å². The maximum atomic E-state index is 12.0. The first-order chi connectivity index (χ1) is 10.1. The molecule has 0 fully saturated rings. The Hall–Kier alpha value is -1.55. The molecule has 0 radical (unpaired) electrons. The summed E-state index contributed by atoms with van der Waals surface area (Å²) in [4.78, 5) is 12.0. The molecule has 0 aromatic heterocycles. The fraction of sp³-hybridized carbons (Fsp3) is 0.188. The normalized spacial score (nSPS) is 12.0. The molecule has 0 aliphatic carbocycles. The van der Waals surface area contributed by atoms with Crippen LogP contribution in [-0.4, -0.2) is 11.9 Å². The predicted octanol–water partition coefficient (Wildman–Crippen LogP) is 3.89. The fourth-order valence-electron chi connectivity index (χ4n) is 1.91. The van der Waals surface area contributed by atoms with Crippen LogP contribution in [-0.2, 0) is 11.2 Å². The third kappa shape index (κ3) is 4.74. The van der Waals surface area contributed by atoms with Crippen LogP contribution in [0.15, 0.2) is 48.5 Å². The molecule has 0 spiro atoms. The van der Waals surface area contributed by atoms with Gasteiger partial charge in [-0.15, -0.1) is 0 Å². The minimum absolute atomic E-state index is 0.254. The summed E-state index contributed by atoms with van der Waals surface area (Å²) in [5.41, 5.74) is 7.58. The zero-order chi connectivity index (χ0) is 15.2. The molecule has 0 aliphatic rings. The molecule has 1 amide bonds. The summed E-state index contributed by atoms with van der Waals surface area (Å²) in [6.45, 7) is 0. The Bertz CT molecular complexity index is 617. The van der Waals surface area contributed by atoms with E-state index < -0.39 is 6.04 Å². The summed E-state index contributed by atoms with van der Waals surface area (Å²) in [6.07, 6.45) is 1.32. The lowest BCUT2D eigenvalue weighted by atomic mass is 10.1. The van der Waals surface area contributed by atoms with Crippen molar-refractivity contribution < 1.29 is 4.79 Å². The molecular weight excluding hydrogens is 307 g/mol. The minimum Gasteiger partial charge on any atom is -0.323 e. The number of hydrogen-bond acceptors (Lipinski definition) is 2. The summed E-state index contributed by atoms with van der Waals surface area (Å²) in [5.74, 6) is -0.254. The number of carbonyl (C=O) groups is 1. The summed E-state index contributed by atoms with van der Waals surface area (Å²) < 4.78 is 0. The molecule has 2 aromatic rings. The molecule has 2 rings (SSSR count). The molecule has 110 valence electrons. The topological polar surface area (TPSA) is 55.1 Å².